The van der Waals surface area contributed by atoms with Crippen molar-refractivity contribution in [2.75, 3.05) is 6.54 Å². The molecular weight excluding hydrogens is 224 g/mol. The summed E-state index contributed by atoms with van der Waals surface area (Å²) in [5.74, 6) is -0.791. The smallest absolute Gasteiger partial charge is 0.243 e. The van der Waals surface area contributed by atoms with E-state index in [4.69, 9.17) is 5.21 Å². The van der Waals surface area contributed by atoms with Gasteiger partial charge in [0.05, 0.1) is 6.54 Å². The molecule has 3 N–H and O–H groups in total. The molecule has 96 valence electrons. The van der Waals surface area contributed by atoms with Crippen LogP contribution >= 0.6 is 0 Å². The molecule has 0 spiro atoms. The molecule has 0 saturated heterocycles. The molecule has 0 bridgehead atoms. The summed E-state index contributed by atoms with van der Waals surface area (Å²) in [6, 6.07) is 0. The van der Waals surface area contributed by atoms with Crippen LogP contribution in [0.4, 0.5) is 0 Å². The second-order valence-electron chi connectivity index (χ2n) is 4.26. The summed E-state index contributed by atoms with van der Waals surface area (Å²) in [5, 5.41) is 10.7. The van der Waals surface area contributed by atoms with Gasteiger partial charge in [0, 0.05) is 18.8 Å². The van der Waals surface area contributed by atoms with Gasteiger partial charge in [0.1, 0.15) is 0 Å². The minimum atomic E-state index is -0.609. The van der Waals surface area contributed by atoms with Gasteiger partial charge in [-0.1, -0.05) is 12.8 Å². The van der Waals surface area contributed by atoms with Gasteiger partial charge in [-0.15, -0.1) is 0 Å². The molecule has 0 unspecified atom stereocenters. The summed E-state index contributed by atoms with van der Waals surface area (Å²) in [4.78, 5) is 33.5. The number of rotatable bonds is 6. The number of hydrogen-bond donors (Lipinski definition) is 3. The van der Waals surface area contributed by atoms with E-state index in [1.807, 2.05) is 0 Å². The Hall–Kier alpha value is -1.43. The van der Waals surface area contributed by atoms with E-state index in [-0.39, 0.29) is 37.0 Å². The number of amides is 2. The van der Waals surface area contributed by atoms with E-state index in [1.165, 1.54) is 5.48 Å². The highest BCUT2D eigenvalue weighted by atomic mass is 16.5. The van der Waals surface area contributed by atoms with E-state index >= 15 is 0 Å². The number of hydrogen-bond acceptors (Lipinski definition) is 4. The summed E-state index contributed by atoms with van der Waals surface area (Å²) in [6.45, 7) is 0.0459. The largest absolute Gasteiger partial charge is 0.349 e. The molecule has 6 heteroatoms. The van der Waals surface area contributed by atoms with E-state index in [1.54, 1.807) is 0 Å². The Kier molecular flexibility index (Phi) is 5.62. The van der Waals surface area contributed by atoms with Crippen LogP contribution in [0, 0.1) is 5.92 Å². The van der Waals surface area contributed by atoms with Crippen LogP contribution in [0.25, 0.3) is 0 Å². The maximum atomic E-state index is 11.6. The minimum Gasteiger partial charge on any atom is -0.349 e. The number of nitrogens with one attached hydrogen (secondary N) is 2. The highest BCUT2D eigenvalue weighted by Gasteiger charge is 2.22. The lowest BCUT2D eigenvalue weighted by atomic mass is 10.0. The third-order valence-corrected chi connectivity index (χ3v) is 2.97. The standard InChI is InChI=1S/C11H18N2O4/c14-9(8-3-1-2-4-8)7-12-10(15)5-6-11(16)13-17/h8,17H,1-7H2,(H,12,15)(H,13,16). The SMILES string of the molecule is O=C(CCC(=O)NCC(=O)C1CCCC1)NO. The van der Waals surface area contributed by atoms with Gasteiger partial charge in [-0.3, -0.25) is 19.6 Å². The number of Topliss-reactive ketones (excluding diaryl/α,β-unsaturated/α-hetero) is 1. The maximum Gasteiger partial charge on any atom is 0.243 e. The molecule has 1 rings (SSSR count). The number of carbonyl (C=O) groups is 3. The molecule has 1 aliphatic carbocycles. The Morgan fingerprint density at radius 1 is 1.06 bits per heavy atom. The van der Waals surface area contributed by atoms with Crippen molar-refractivity contribution in [1.29, 1.82) is 0 Å². The van der Waals surface area contributed by atoms with Gasteiger partial charge in [0.25, 0.3) is 0 Å². The van der Waals surface area contributed by atoms with Gasteiger partial charge in [-0.25, -0.2) is 5.48 Å². The van der Waals surface area contributed by atoms with E-state index in [9.17, 15) is 14.4 Å². The van der Waals surface area contributed by atoms with Crippen LogP contribution in [0.3, 0.4) is 0 Å². The molecule has 0 aromatic rings. The Bertz CT molecular complexity index is 298. The van der Waals surface area contributed by atoms with E-state index in [0.29, 0.717) is 0 Å². The third kappa shape index (κ3) is 4.95. The van der Waals surface area contributed by atoms with Crippen molar-refractivity contribution in [3.05, 3.63) is 0 Å². The summed E-state index contributed by atoms with van der Waals surface area (Å²) in [6.07, 6.45) is 3.90. The average Bonchev–Trinajstić information content (AvgIpc) is 2.86. The van der Waals surface area contributed by atoms with Crippen LogP contribution in [0.5, 0.6) is 0 Å². The van der Waals surface area contributed by atoms with Crippen LogP contribution in [-0.4, -0.2) is 29.3 Å². The van der Waals surface area contributed by atoms with Crippen LogP contribution in [0.2, 0.25) is 0 Å². The average molecular weight is 242 g/mol. The molecule has 0 aliphatic heterocycles. The predicted octanol–water partition coefficient (Wildman–Crippen LogP) is 0.147. The first-order valence-corrected chi connectivity index (χ1v) is 5.86. The Morgan fingerprint density at radius 2 is 1.65 bits per heavy atom. The van der Waals surface area contributed by atoms with Crippen molar-refractivity contribution >= 4 is 17.6 Å². The summed E-state index contributed by atoms with van der Waals surface area (Å²) >= 11 is 0. The molecule has 1 aliphatic rings. The molecule has 0 heterocycles. The zero-order chi connectivity index (χ0) is 12.7. The monoisotopic (exact) mass is 242 g/mol. The molecule has 2 amide bonds. The predicted molar refractivity (Wildman–Crippen MR) is 59.1 cm³/mol. The minimum absolute atomic E-state index is 0.0235. The highest BCUT2D eigenvalue weighted by Crippen LogP contribution is 2.24. The summed E-state index contributed by atoms with van der Waals surface area (Å²) < 4.78 is 0. The lowest BCUT2D eigenvalue weighted by Crippen LogP contribution is -2.33. The molecule has 0 aromatic heterocycles. The lowest BCUT2D eigenvalue weighted by Gasteiger charge is -2.08. The second kappa shape index (κ2) is 7.01. The lowest BCUT2D eigenvalue weighted by molar-refractivity contribution is -0.132. The van der Waals surface area contributed by atoms with Crippen molar-refractivity contribution in [1.82, 2.24) is 10.8 Å². The fourth-order valence-corrected chi connectivity index (χ4v) is 1.95. The summed E-state index contributed by atoms with van der Waals surface area (Å²) in [7, 11) is 0. The normalized spacial score (nSPS) is 15.6. The first-order chi connectivity index (χ1) is 8.13. The second-order valence-corrected chi connectivity index (χ2v) is 4.26. The number of hydroxylamine groups is 1. The fourth-order valence-electron chi connectivity index (χ4n) is 1.95. The third-order valence-electron chi connectivity index (χ3n) is 2.97. The summed E-state index contributed by atoms with van der Waals surface area (Å²) in [5.41, 5.74) is 1.44. The molecule has 1 fully saturated rings. The Morgan fingerprint density at radius 3 is 2.24 bits per heavy atom. The van der Waals surface area contributed by atoms with Gasteiger partial charge in [-0.05, 0) is 12.8 Å². The topological polar surface area (TPSA) is 95.5 Å². The van der Waals surface area contributed by atoms with Gasteiger partial charge in [0.2, 0.25) is 11.8 Å². The van der Waals surface area contributed by atoms with Crippen molar-refractivity contribution in [3.63, 3.8) is 0 Å². The van der Waals surface area contributed by atoms with Crippen LogP contribution in [-0.2, 0) is 14.4 Å². The Balaban J connectivity index is 2.14. The van der Waals surface area contributed by atoms with Gasteiger partial charge in [-0.2, -0.15) is 0 Å². The first-order valence-electron chi connectivity index (χ1n) is 5.86. The zero-order valence-corrected chi connectivity index (χ0v) is 9.70. The van der Waals surface area contributed by atoms with Crippen LogP contribution < -0.4 is 10.8 Å². The van der Waals surface area contributed by atoms with Crippen molar-refractivity contribution in [3.8, 4) is 0 Å². The number of carbonyl (C=O) groups excluding carboxylic acids is 3. The van der Waals surface area contributed by atoms with Gasteiger partial charge < -0.3 is 5.32 Å². The zero-order valence-electron chi connectivity index (χ0n) is 9.70. The molecule has 17 heavy (non-hydrogen) atoms. The molecule has 0 radical (unpaired) electrons. The van der Waals surface area contributed by atoms with Crippen molar-refractivity contribution < 1.29 is 19.6 Å². The molecule has 0 aromatic carbocycles. The number of ketones is 1. The Labute approximate surface area is 99.7 Å². The molecule has 1 saturated carbocycles. The van der Waals surface area contributed by atoms with Crippen LogP contribution in [0.15, 0.2) is 0 Å². The van der Waals surface area contributed by atoms with E-state index in [0.717, 1.165) is 25.7 Å². The van der Waals surface area contributed by atoms with Gasteiger partial charge >= 0.3 is 0 Å². The van der Waals surface area contributed by atoms with Crippen molar-refractivity contribution in [2.24, 2.45) is 5.92 Å². The first kappa shape index (κ1) is 13.6. The fraction of sp³-hybridized carbons (Fsp3) is 0.727. The quantitative estimate of drug-likeness (QED) is 0.456. The maximum absolute atomic E-state index is 11.6. The van der Waals surface area contributed by atoms with E-state index < -0.39 is 5.91 Å². The highest BCUT2D eigenvalue weighted by molar-refractivity contribution is 5.89. The molecule has 0 atom stereocenters. The molecular formula is C11H18N2O4. The van der Waals surface area contributed by atoms with E-state index in [2.05, 4.69) is 5.32 Å². The van der Waals surface area contributed by atoms with Gasteiger partial charge in [0.15, 0.2) is 5.78 Å². The molecule has 6 nitrogen and oxygen atoms in total. The van der Waals surface area contributed by atoms with Crippen molar-refractivity contribution in [2.45, 2.75) is 38.5 Å². The van der Waals surface area contributed by atoms with Crippen LogP contribution in [0.1, 0.15) is 38.5 Å².